The molecule has 0 aromatic carbocycles. The first-order valence-electron chi connectivity index (χ1n) is 7.63. The summed E-state index contributed by atoms with van der Waals surface area (Å²) in [5, 5.41) is 7.72. The molecule has 1 N–H and O–H groups in total. The van der Waals surface area contributed by atoms with Crippen LogP contribution in [0.1, 0.15) is 44.2 Å². The third-order valence-electron chi connectivity index (χ3n) is 4.71. The lowest BCUT2D eigenvalue weighted by atomic mass is 9.98. The minimum atomic E-state index is 0.272. The molecule has 1 aliphatic heterocycles. The van der Waals surface area contributed by atoms with Crippen LogP contribution in [-0.2, 0) is 18.2 Å². The minimum absolute atomic E-state index is 0.272. The molecule has 106 valence electrons. The molecule has 1 unspecified atom stereocenters. The van der Waals surface area contributed by atoms with Gasteiger partial charge >= 0.3 is 0 Å². The SMILES string of the molecule is Cn1nccc1CCNCC1CCC2(CCCC2)O1. The summed E-state index contributed by atoms with van der Waals surface area (Å²) in [6.07, 6.45) is 11.1. The summed E-state index contributed by atoms with van der Waals surface area (Å²) >= 11 is 0. The lowest BCUT2D eigenvalue weighted by molar-refractivity contribution is -0.0350. The fourth-order valence-electron chi connectivity index (χ4n) is 3.55. The van der Waals surface area contributed by atoms with Gasteiger partial charge in [0.1, 0.15) is 0 Å². The molecule has 1 saturated heterocycles. The van der Waals surface area contributed by atoms with Gasteiger partial charge in [0.05, 0.1) is 11.7 Å². The fourth-order valence-corrected chi connectivity index (χ4v) is 3.55. The lowest BCUT2D eigenvalue weighted by Gasteiger charge is -2.23. The Labute approximate surface area is 115 Å². The Morgan fingerprint density at radius 1 is 1.42 bits per heavy atom. The van der Waals surface area contributed by atoms with Crippen molar-refractivity contribution >= 4 is 0 Å². The number of ether oxygens (including phenoxy) is 1. The van der Waals surface area contributed by atoms with Gasteiger partial charge in [0.25, 0.3) is 0 Å². The van der Waals surface area contributed by atoms with Crippen LogP contribution in [0.25, 0.3) is 0 Å². The van der Waals surface area contributed by atoms with Gasteiger partial charge in [-0.15, -0.1) is 0 Å². The lowest BCUT2D eigenvalue weighted by Crippen LogP contribution is -2.32. The molecule has 1 atom stereocenters. The average Bonchev–Trinajstić information content (AvgIpc) is 3.11. The van der Waals surface area contributed by atoms with Gasteiger partial charge in [-0.3, -0.25) is 4.68 Å². The van der Waals surface area contributed by atoms with Crippen molar-refractivity contribution < 1.29 is 4.74 Å². The minimum Gasteiger partial charge on any atom is -0.370 e. The van der Waals surface area contributed by atoms with Gasteiger partial charge in [0, 0.05) is 38.4 Å². The van der Waals surface area contributed by atoms with Crippen molar-refractivity contribution in [1.29, 1.82) is 0 Å². The molecule has 0 amide bonds. The first-order chi connectivity index (χ1) is 9.27. The average molecular weight is 263 g/mol. The maximum Gasteiger partial charge on any atom is 0.0708 e. The van der Waals surface area contributed by atoms with E-state index in [9.17, 15) is 0 Å². The predicted molar refractivity (Wildman–Crippen MR) is 75.1 cm³/mol. The Morgan fingerprint density at radius 2 is 2.26 bits per heavy atom. The van der Waals surface area contributed by atoms with Crippen LogP contribution >= 0.6 is 0 Å². The molecule has 1 saturated carbocycles. The zero-order valence-electron chi connectivity index (χ0n) is 11.9. The van der Waals surface area contributed by atoms with Gasteiger partial charge in [0.2, 0.25) is 0 Å². The quantitative estimate of drug-likeness (QED) is 0.826. The van der Waals surface area contributed by atoms with E-state index in [1.54, 1.807) is 0 Å². The van der Waals surface area contributed by atoms with Crippen molar-refractivity contribution in [2.24, 2.45) is 7.05 Å². The van der Waals surface area contributed by atoms with Gasteiger partial charge in [-0.25, -0.2) is 0 Å². The number of rotatable bonds is 5. The van der Waals surface area contributed by atoms with Gasteiger partial charge < -0.3 is 10.1 Å². The molecular weight excluding hydrogens is 238 g/mol. The summed E-state index contributed by atoms with van der Waals surface area (Å²) < 4.78 is 8.24. The smallest absolute Gasteiger partial charge is 0.0708 e. The van der Waals surface area contributed by atoms with Gasteiger partial charge in [-0.05, 0) is 31.7 Å². The van der Waals surface area contributed by atoms with Gasteiger partial charge in [0.15, 0.2) is 0 Å². The monoisotopic (exact) mass is 263 g/mol. The summed E-state index contributed by atoms with van der Waals surface area (Å²) in [5.41, 5.74) is 1.56. The topological polar surface area (TPSA) is 39.1 Å². The van der Waals surface area contributed by atoms with E-state index in [2.05, 4.69) is 16.5 Å². The van der Waals surface area contributed by atoms with E-state index in [1.807, 2.05) is 17.9 Å². The Hall–Kier alpha value is -0.870. The van der Waals surface area contributed by atoms with Crippen LogP contribution in [0.15, 0.2) is 12.3 Å². The fraction of sp³-hybridized carbons (Fsp3) is 0.800. The van der Waals surface area contributed by atoms with E-state index in [1.165, 1.54) is 44.2 Å². The highest BCUT2D eigenvalue weighted by atomic mass is 16.5. The zero-order valence-corrected chi connectivity index (χ0v) is 11.9. The van der Waals surface area contributed by atoms with Crippen LogP contribution in [0.5, 0.6) is 0 Å². The summed E-state index contributed by atoms with van der Waals surface area (Å²) in [6, 6.07) is 2.08. The molecule has 1 aromatic heterocycles. The molecule has 2 heterocycles. The van der Waals surface area contributed by atoms with Crippen molar-refractivity contribution in [3.8, 4) is 0 Å². The number of nitrogens with one attached hydrogen (secondary N) is 1. The number of hydrogen-bond donors (Lipinski definition) is 1. The van der Waals surface area contributed by atoms with E-state index >= 15 is 0 Å². The Bertz CT molecular complexity index is 409. The van der Waals surface area contributed by atoms with E-state index in [0.29, 0.717) is 6.10 Å². The molecular formula is C15H25N3O. The summed E-state index contributed by atoms with van der Waals surface area (Å²) in [5.74, 6) is 0. The number of aromatic nitrogens is 2. The number of nitrogens with zero attached hydrogens (tertiary/aromatic N) is 2. The molecule has 0 radical (unpaired) electrons. The maximum atomic E-state index is 6.29. The second kappa shape index (κ2) is 5.63. The summed E-state index contributed by atoms with van der Waals surface area (Å²) in [4.78, 5) is 0. The van der Waals surface area contributed by atoms with Crippen LogP contribution in [0.2, 0.25) is 0 Å². The second-order valence-corrected chi connectivity index (χ2v) is 6.07. The Morgan fingerprint density at radius 3 is 3.00 bits per heavy atom. The highest BCUT2D eigenvalue weighted by Gasteiger charge is 2.41. The molecule has 1 aromatic rings. The number of hydrogen-bond acceptors (Lipinski definition) is 3. The van der Waals surface area contributed by atoms with Crippen LogP contribution in [-0.4, -0.2) is 34.6 Å². The maximum absolute atomic E-state index is 6.29. The van der Waals surface area contributed by atoms with Crippen LogP contribution in [0.4, 0.5) is 0 Å². The van der Waals surface area contributed by atoms with E-state index in [0.717, 1.165) is 19.5 Å². The molecule has 19 heavy (non-hydrogen) atoms. The zero-order chi connectivity index (χ0) is 13.1. The molecule has 4 heteroatoms. The van der Waals surface area contributed by atoms with Crippen molar-refractivity contribution in [2.45, 2.75) is 56.7 Å². The largest absolute Gasteiger partial charge is 0.370 e. The molecule has 1 spiro atoms. The van der Waals surface area contributed by atoms with Crippen LogP contribution in [0, 0.1) is 0 Å². The highest BCUT2D eigenvalue weighted by molar-refractivity contribution is 5.00. The van der Waals surface area contributed by atoms with E-state index < -0.39 is 0 Å². The molecule has 3 rings (SSSR count). The first kappa shape index (κ1) is 13.1. The predicted octanol–water partition coefficient (Wildman–Crippen LogP) is 2.04. The van der Waals surface area contributed by atoms with Crippen LogP contribution < -0.4 is 5.32 Å². The number of aryl methyl sites for hydroxylation is 1. The van der Waals surface area contributed by atoms with Crippen molar-refractivity contribution in [3.05, 3.63) is 18.0 Å². The normalized spacial score (nSPS) is 25.4. The Balaban J connectivity index is 1.36. The highest BCUT2D eigenvalue weighted by Crippen LogP contribution is 2.43. The van der Waals surface area contributed by atoms with Crippen molar-refractivity contribution in [2.75, 3.05) is 13.1 Å². The molecule has 2 aliphatic rings. The van der Waals surface area contributed by atoms with Crippen molar-refractivity contribution in [1.82, 2.24) is 15.1 Å². The third kappa shape index (κ3) is 3.00. The first-order valence-corrected chi connectivity index (χ1v) is 7.63. The second-order valence-electron chi connectivity index (χ2n) is 6.07. The molecule has 4 nitrogen and oxygen atoms in total. The molecule has 1 aliphatic carbocycles. The summed E-state index contributed by atoms with van der Waals surface area (Å²) in [7, 11) is 2.00. The third-order valence-corrected chi connectivity index (χ3v) is 4.71. The Kier molecular flexibility index (Phi) is 3.89. The van der Waals surface area contributed by atoms with Crippen molar-refractivity contribution in [3.63, 3.8) is 0 Å². The standard InChI is InChI=1S/C15H25N3O/c1-18-13(6-11-17-18)5-10-16-12-14-4-9-15(19-14)7-2-3-8-15/h6,11,14,16H,2-5,7-10,12H2,1H3. The van der Waals surface area contributed by atoms with Gasteiger partial charge in [-0.1, -0.05) is 12.8 Å². The van der Waals surface area contributed by atoms with Crippen LogP contribution in [0.3, 0.4) is 0 Å². The summed E-state index contributed by atoms with van der Waals surface area (Å²) in [6.45, 7) is 2.01. The van der Waals surface area contributed by atoms with E-state index in [4.69, 9.17) is 4.74 Å². The molecule has 2 fully saturated rings. The van der Waals surface area contributed by atoms with Gasteiger partial charge in [-0.2, -0.15) is 5.10 Å². The molecule has 0 bridgehead atoms. The van der Waals surface area contributed by atoms with E-state index in [-0.39, 0.29) is 5.60 Å².